The number of halogens is 2. The van der Waals surface area contributed by atoms with Gasteiger partial charge < -0.3 is 15.7 Å². The number of carbonyl (C=O) groups is 1. The summed E-state index contributed by atoms with van der Waals surface area (Å²) in [6, 6.07) is 14.9. The van der Waals surface area contributed by atoms with Crippen LogP contribution in [0.15, 0.2) is 60.7 Å². The van der Waals surface area contributed by atoms with E-state index in [0.29, 0.717) is 0 Å². The molecule has 1 amide bonds. The van der Waals surface area contributed by atoms with Crippen molar-refractivity contribution >= 4 is 21.6 Å². The predicted molar refractivity (Wildman–Crippen MR) is 170 cm³/mol. The average Bonchev–Trinajstić information content (AvgIpc) is 2.94. The molecule has 3 atom stereocenters. The summed E-state index contributed by atoms with van der Waals surface area (Å²) in [4.78, 5) is 13.3. The minimum Gasteiger partial charge on any atom is -0.390 e. The number of fused-ring (bicyclic) bond motifs is 1. The van der Waals surface area contributed by atoms with Crippen molar-refractivity contribution in [2.45, 2.75) is 78.0 Å². The SMILES string of the molecule is CCS(=O)(=O)Nc1cccc(C(=O)N[C@@H](Cc2cc(F)cc(F)c2)[C@H](O)CN[C@H]2CCCc3ccc(CC(C)(C)C)cc32)c1. The van der Waals surface area contributed by atoms with Crippen molar-refractivity contribution in [3.8, 4) is 0 Å². The lowest BCUT2D eigenvalue weighted by Gasteiger charge is -2.31. The van der Waals surface area contributed by atoms with Gasteiger partial charge in [0, 0.05) is 29.9 Å². The lowest BCUT2D eigenvalue weighted by molar-refractivity contribution is 0.0823. The molecule has 0 saturated heterocycles. The summed E-state index contributed by atoms with van der Waals surface area (Å²) in [5, 5.41) is 17.7. The van der Waals surface area contributed by atoms with Gasteiger partial charge in [0.1, 0.15) is 11.6 Å². The van der Waals surface area contributed by atoms with Crippen molar-refractivity contribution in [2.24, 2.45) is 5.41 Å². The molecule has 1 aliphatic rings. The van der Waals surface area contributed by atoms with Crippen LogP contribution in [-0.4, -0.2) is 43.9 Å². The van der Waals surface area contributed by atoms with Gasteiger partial charge in [-0.15, -0.1) is 0 Å². The quantitative estimate of drug-likeness (QED) is 0.207. The van der Waals surface area contributed by atoms with Gasteiger partial charge in [-0.1, -0.05) is 45.0 Å². The van der Waals surface area contributed by atoms with Gasteiger partial charge in [-0.25, -0.2) is 17.2 Å². The molecule has 3 aromatic carbocycles. The number of aliphatic hydroxyl groups excluding tert-OH is 1. The number of rotatable bonds is 12. The van der Waals surface area contributed by atoms with Crippen LogP contribution in [0.2, 0.25) is 0 Å². The minimum atomic E-state index is -3.55. The molecule has 10 heteroatoms. The highest BCUT2D eigenvalue weighted by Gasteiger charge is 2.27. The van der Waals surface area contributed by atoms with E-state index in [2.05, 4.69) is 54.3 Å². The molecule has 238 valence electrons. The molecule has 0 bridgehead atoms. The van der Waals surface area contributed by atoms with Crippen LogP contribution < -0.4 is 15.4 Å². The Bertz CT molecular complexity index is 1550. The third-order valence-corrected chi connectivity index (χ3v) is 9.08. The third-order valence-electron chi connectivity index (χ3n) is 7.77. The lowest BCUT2D eigenvalue weighted by atomic mass is 9.82. The van der Waals surface area contributed by atoms with E-state index in [4.69, 9.17) is 0 Å². The van der Waals surface area contributed by atoms with Gasteiger partial charge in [0.25, 0.3) is 5.91 Å². The molecule has 4 N–H and O–H groups in total. The smallest absolute Gasteiger partial charge is 0.251 e. The second-order valence-electron chi connectivity index (χ2n) is 12.8. The van der Waals surface area contributed by atoms with Gasteiger partial charge in [-0.05, 0) is 97.0 Å². The summed E-state index contributed by atoms with van der Waals surface area (Å²) in [5.41, 5.74) is 4.57. The van der Waals surface area contributed by atoms with E-state index >= 15 is 0 Å². The van der Waals surface area contributed by atoms with Crippen molar-refractivity contribution in [3.63, 3.8) is 0 Å². The first-order valence-corrected chi connectivity index (χ1v) is 16.8. The van der Waals surface area contributed by atoms with Gasteiger partial charge in [-0.3, -0.25) is 9.52 Å². The maximum absolute atomic E-state index is 14.0. The van der Waals surface area contributed by atoms with E-state index in [1.165, 1.54) is 53.9 Å². The number of benzene rings is 3. The van der Waals surface area contributed by atoms with Crippen LogP contribution in [0, 0.1) is 17.0 Å². The average molecular weight is 628 g/mol. The van der Waals surface area contributed by atoms with E-state index in [0.717, 1.165) is 31.7 Å². The highest BCUT2D eigenvalue weighted by Crippen LogP contribution is 2.32. The van der Waals surface area contributed by atoms with E-state index in [-0.39, 0.29) is 47.0 Å². The predicted octanol–water partition coefficient (Wildman–Crippen LogP) is 5.68. The van der Waals surface area contributed by atoms with Gasteiger partial charge >= 0.3 is 0 Å². The molecule has 0 fully saturated rings. The summed E-state index contributed by atoms with van der Waals surface area (Å²) in [6.45, 7) is 8.25. The van der Waals surface area contributed by atoms with E-state index < -0.39 is 39.7 Å². The van der Waals surface area contributed by atoms with Crippen LogP contribution in [0.3, 0.4) is 0 Å². The van der Waals surface area contributed by atoms with Crippen LogP contribution in [0.25, 0.3) is 0 Å². The Morgan fingerprint density at radius 3 is 2.43 bits per heavy atom. The fourth-order valence-corrected chi connectivity index (χ4v) is 6.31. The van der Waals surface area contributed by atoms with Crippen LogP contribution in [0.1, 0.15) is 79.2 Å². The highest BCUT2D eigenvalue weighted by molar-refractivity contribution is 7.92. The molecule has 44 heavy (non-hydrogen) atoms. The number of aliphatic hydroxyl groups is 1. The highest BCUT2D eigenvalue weighted by atomic mass is 32.2. The van der Waals surface area contributed by atoms with Crippen molar-refractivity contribution in [3.05, 3.63) is 100 Å². The molecule has 0 radical (unpaired) electrons. The normalized spacial score (nSPS) is 16.6. The maximum Gasteiger partial charge on any atom is 0.251 e. The molecule has 1 aliphatic carbocycles. The van der Waals surface area contributed by atoms with Gasteiger partial charge in [0.05, 0.1) is 17.9 Å². The third kappa shape index (κ3) is 9.58. The number of amides is 1. The minimum absolute atomic E-state index is 0.0135. The molecule has 0 aromatic heterocycles. The van der Waals surface area contributed by atoms with Crippen LogP contribution in [0.5, 0.6) is 0 Å². The van der Waals surface area contributed by atoms with Crippen LogP contribution in [0.4, 0.5) is 14.5 Å². The Morgan fingerprint density at radius 1 is 1.02 bits per heavy atom. The topological polar surface area (TPSA) is 108 Å². The number of hydrogen-bond acceptors (Lipinski definition) is 5. The first-order valence-electron chi connectivity index (χ1n) is 15.1. The Morgan fingerprint density at radius 2 is 1.75 bits per heavy atom. The Labute approximate surface area is 259 Å². The first kappa shape index (κ1) is 33.6. The number of carbonyl (C=O) groups excluding carboxylic acids is 1. The molecule has 0 heterocycles. The number of sulfonamides is 1. The van der Waals surface area contributed by atoms with Crippen LogP contribution >= 0.6 is 0 Å². The Hall–Kier alpha value is -3.34. The van der Waals surface area contributed by atoms with E-state index in [9.17, 15) is 27.1 Å². The summed E-state index contributed by atoms with van der Waals surface area (Å²) in [6.07, 6.45) is 2.70. The summed E-state index contributed by atoms with van der Waals surface area (Å²) in [5.74, 6) is -2.19. The van der Waals surface area contributed by atoms with E-state index in [1.807, 2.05) is 0 Å². The lowest BCUT2D eigenvalue weighted by Crippen LogP contribution is -2.49. The van der Waals surface area contributed by atoms with Gasteiger partial charge in [0.2, 0.25) is 10.0 Å². The Balaban J connectivity index is 1.53. The summed E-state index contributed by atoms with van der Waals surface area (Å²) in [7, 11) is -3.55. The van der Waals surface area contributed by atoms with Crippen LogP contribution in [-0.2, 0) is 29.3 Å². The number of anilines is 1. The number of aryl methyl sites for hydroxylation is 1. The largest absolute Gasteiger partial charge is 0.390 e. The zero-order valence-electron chi connectivity index (χ0n) is 25.8. The molecule has 4 rings (SSSR count). The maximum atomic E-state index is 14.0. The fourth-order valence-electron chi connectivity index (χ4n) is 5.68. The summed E-state index contributed by atoms with van der Waals surface area (Å²) < 4.78 is 54.5. The Kier molecular flexibility index (Phi) is 10.8. The zero-order chi connectivity index (χ0) is 32.1. The molecule has 0 spiro atoms. The molecular weight excluding hydrogens is 584 g/mol. The molecule has 7 nitrogen and oxygen atoms in total. The zero-order valence-corrected chi connectivity index (χ0v) is 26.6. The molecule has 0 unspecified atom stereocenters. The van der Waals surface area contributed by atoms with Crippen molar-refractivity contribution < 1.29 is 27.1 Å². The second-order valence-corrected chi connectivity index (χ2v) is 14.9. The summed E-state index contributed by atoms with van der Waals surface area (Å²) >= 11 is 0. The molecular formula is C34H43F2N3O4S. The van der Waals surface area contributed by atoms with Gasteiger partial charge in [0.15, 0.2) is 0 Å². The van der Waals surface area contributed by atoms with Crippen molar-refractivity contribution in [1.29, 1.82) is 0 Å². The monoisotopic (exact) mass is 627 g/mol. The number of hydrogen-bond donors (Lipinski definition) is 4. The molecule has 3 aromatic rings. The van der Waals surface area contributed by atoms with Crippen molar-refractivity contribution in [2.75, 3.05) is 17.0 Å². The van der Waals surface area contributed by atoms with Gasteiger partial charge in [-0.2, -0.15) is 0 Å². The second kappa shape index (κ2) is 14.2. The first-order chi connectivity index (χ1) is 20.7. The molecule has 0 saturated carbocycles. The molecule has 0 aliphatic heterocycles. The van der Waals surface area contributed by atoms with Crippen molar-refractivity contribution in [1.82, 2.24) is 10.6 Å². The standard InChI is InChI=1S/C34H43F2N3O4S/c1-5-44(42,43)39-28-10-6-9-25(18-28)33(41)38-31(17-23-14-26(35)19-27(36)15-23)32(40)21-37-30-11-7-8-24-13-12-22(16-29(24)30)20-34(2,3)4/h6,9-10,12-16,18-19,30-32,37,39-40H,5,7-8,11,17,20-21H2,1-4H3,(H,38,41)/t30-,31-,32+/m0/s1. The fraction of sp³-hybridized carbons (Fsp3) is 0.441. The number of nitrogens with one attached hydrogen (secondary N) is 3. The van der Waals surface area contributed by atoms with E-state index in [1.54, 1.807) is 6.07 Å².